The number of rotatable bonds is 4. The second kappa shape index (κ2) is 4.92. The van der Waals surface area contributed by atoms with Crippen LogP contribution in [0.25, 0.3) is 10.9 Å². The molecule has 0 amide bonds. The molecule has 0 aliphatic carbocycles. The van der Waals surface area contributed by atoms with Gasteiger partial charge in [-0.05, 0) is 18.6 Å². The summed E-state index contributed by atoms with van der Waals surface area (Å²) in [5, 5.41) is 0.557. The van der Waals surface area contributed by atoms with Crippen LogP contribution in [0, 0.1) is 0 Å². The molecular weight excluding hydrogens is 202 g/mol. The fourth-order valence-corrected chi connectivity index (χ4v) is 1.70. The summed E-state index contributed by atoms with van der Waals surface area (Å²) in [6, 6.07) is 7.28. The topological polar surface area (TPSA) is 43.1 Å². The van der Waals surface area contributed by atoms with Crippen LogP contribution in [0.15, 0.2) is 33.5 Å². The number of aromatic nitrogens is 1. The van der Waals surface area contributed by atoms with E-state index in [9.17, 15) is 4.79 Å². The summed E-state index contributed by atoms with van der Waals surface area (Å²) in [5.41, 5.74) is 0.447. The number of nitrogens with zero attached hydrogens (tertiary/aromatic N) is 1. The quantitative estimate of drug-likeness (QED) is 0.739. The van der Waals surface area contributed by atoms with Crippen LogP contribution in [-0.4, -0.2) is 4.98 Å². The second-order valence-corrected chi connectivity index (χ2v) is 3.87. The van der Waals surface area contributed by atoms with Crippen molar-refractivity contribution in [2.45, 2.75) is 32.6 Å². The summed E-state index contributed by atoms with van der Waals surface area (Å²) in [7, 11) is 0. The highest BCUT2D eigenvalue weighted by atomic mass is 16.4. The minimum atomic E-state index is -0.280. The second-order valence-electron chi connectivity index (χ2n) is 3.87. The first-order valence-electron chi connectivity index (χ1n) is 5.70. The molecule has 0 fully saturated rings. The van der Waals surface area contributed by atoms with Crippen molar-refractivity contribution in [3.63, 3.8) is 0 Å². The molecule has 2 rings (SSSR count). The van der Waals surface area contributed by atoms with Crippen molar-refractivity contribution in [1.82, 2.24) is 4.98 Å². The van der Waals surface area contributed by atoms with Crippen LogP contribution >= 0.6 is 0 Å². The molecular formula is C13H15NO2. The van der Waals surface area contributed by atoms with E-state index in [1.165, 1.54) is 0 Å². The Hall–Kier alpha value is -1.64. The highest BCUT2D eigenvalue weighted by molar-refractivity contribution is 5.76. The molecule has 84 valence electrons. The Morgan fingerprint density at radius 2 is 2.06 bits per heavy atom. The van der Waals surface area contributed by atoms with Crippen LogP contribution in [0.1, 0.15) is 32.1 Å². The van der Waals surface area contributed by atoms with Gasteiger partial charge in [0.05, 0.1) is 10.9 Å². The Morgan fingerprint density at radius 3 is 2.88 bits per heavy atom. The van der Waals surface area contributed by atoms with Gasteiger partial charge in [0.25, 0.3) is 0 Å². The molecule has 0 saturated carbocycles. The third kappa shape index (κ3) is 2.30. The van der Waals surface area contributed by atoms with E-state index in [1.54, 1.807) is 6.07 Å². The van der Waals surface area contributed by atoms with Crippen LogP contribution in [0.3, 0.4) is 0 Å². The maximum atomic E-state index is 11.6. The molecule has 0 spiro atoms. The Labute approximate surface area is 94.1 Å². The van der Waals surface area contributed by atoms with E-state index in [-0.39, 0.29) is 5.63 Å². The number of hydrogen-bond donors (Lipinski definition) is 0. The molecule has 0 N–H and O–H groups in total. The zero-order valence-corrected chi connectivity index (χ0v) is 9.40. The van der Waals surface area contributed by atoms with Gasteiger partial charge in [-0.2, -0.15) is 0 Å². The van der Waals surface area contributed by atoms with E-state index < -0.39 is 0 Å². The molecule has 1 heterocycles. The number of aryl methyl sites for hydroxylation is 1. The smallest absolute Gasteiger partial charge is 0.346 e. The van der Waals surface area contributed by atoms with Crippen LogP contribution in [0.2, 0.25) is 0 Å². The summed E-state index contributed by atoms with van der Waals surface area (Å²) < 4.78 is 5.17. The zero-order chi connectivity index (χ0) is 11.4. The summed E-state index contributed by atoms with van der Waals surface area (Å²) in [6.45, 7) is 2.14. The Morgan fingerprint density at radius 1 is 1.25 bits per heavy atom. The Balaban J connectivity index is 2.31. The number of benzene rings is 1. The zero-order valence-electron chi connectivity index (χ0n) is 9.40. The molecule has 0 aliphatic heterocycles. The van der Waals surface area contributed by atoms with Gasteiger partial charge in [0.2, 0.25) is 0 Å². The van der Waals surface area contributed by atoms with E-state index >= 15 is 0 Å². The molecule has 3 nitrogen and oxygen atoms in total. The molecule has 0 radical (unpaired) electrons. The lowest BCUT2D eigenvalue weighted by molar-refractivity contribution is 0.436. The lowest BCUT2D eigenvalue weighted by atomic mass is 10.2. The number of hydrogen-bond acceptors (Lipinski definition) is 3. The fraction of sp³-hybridized carbons (Fsp3) is 0.385. The van der Waals surface area contributed by atoms with Crippen molar-refractivity contribution in [2.75, 3.05) is 0 Å². The molecule has 0 aliphatic rings. The van der Waals surface area contributed by atoms with Gasteiger partial charge in [-0.3, -0.25) is 0 Å². The van der Waals surface area contributed by atoms with Crippen molar-refractivity contribution < 1.29 is 4.42 Å². The van der Waals surface area contributed by atoms with Gasteiger partial charge in [-0.1, -0.05) is 31.9 Å². The van der Waals surface area contributed by atoms with E-state index in [4.69, 9.17) is 4.42 Å². The molecule has 16 heavy (non-hydrogen) atoms. The standard InChI is InChI=1S/C13H15NO2/c1-2-3-4-9-12-14-11-8-6-5-7-10(11)13(15)16-12/h5-8H,2-4,9H2,1H3. The van der Waals surface area contributed by atoms with Crippen LogP contribution < -0.4 is 5.63 Å². The maximum Gasteiger partial charge on any atom is 0.346 e. The number of unbranched alkanes of at least 4 members (excludes halogenated alkanes) is 2. The predicted octanol–water partition coefficient (Wildman–Crippen LogP) is 2.92. The lowest BCUT2D eigenvalue weighted by Gasteiger charge is -2.00. The van der Waals surface area contributed by atoms with Crippen molar-refractivity contribution in [3.8, 4) is 0 Å². The molecule has 1 aromatic carbocycles. The first kappa shape index (κ1) is 10.9. The third-order valence-electron chi connectivity index (χ3n) is 2.57. The number of fused-ring (bicyclic) bond motifs is 1. The SMILES string of the molecule is CCCCCc1nc2ccccc2c(=O)o1. The molecule has 0 bridgehead atoms. The van der Waals surface area contributed by atoms with Crippen LogP contribution in [0.5, 0.6) is 0 Å². The number of para-hydroxylation sites is 1. The maximum absolute atomic E-state index is 11.6. The van der Waals surface area contributed by atoms with Gasteiger partial charge >= 0.3 is 5.63 Å². The van der Waals surface area contributed by atoms with Crippen molar-refractivity contribution in [1.29, 1.82) is 0 Å². The van der Waals surface area contributed by atoms with E-state index in [0.717, 1.165) is 31.2 Å². The third-order valence-corrected chi connectivity index (χ3v) is 2.57. The summed E-state index contributed by atoms with van der Waals surface area (Å²) in [5.74, 6) is 0.553. The lowest BCUT2D eigenvalue weighted by Crippen LogP contribution is -2.05. The van der Waals surface area contributed by atoms with Crippen molar-refractivity contribution >= 4 is 10.9 Å². The Bertz CT molecular complexity index is 531. The van der Waals surface area contributed by atoms with Crippen molar-refractivity contribution in [3.05, 3.63) is 40.6 Å². The van der Waals surface area contributed by atoms with Gasteiger partial charge in [0.15, 0.2) is 5.89 Å². The summed E-state index contributed by atoms with van der Waals surface area (Å²) in [6.07, 6.45) is 4.05. The van der Waals surface area contributed by atoms with Gasteiger partial charge < -0.3 is 4.42 Å². The summed E-state index contributed by atoms with van der Waals surface area (Å²) in [4.78, 5) is 16.0. The average molecular weight is 217 g/mol. The molecule has 2 aromatic rings. The minimum absolute atomic E-state index is 0.280. The van der Waals surface area contributed by atoms with Gasteiger partial charge in [-0.15, -0.1) is 0 Å². The molecule has 0 atom stereocenters. The average Bonchev–Trinajstić information content (AvgIpc) is 2.30. The Kier molecular flexibility index (Phi) is 3.34. The fourth-order valence-electron chi connectivity index (χ4n) is 1.70. The van der Waals surface area contributed by atoms with Gasteiger partial charge in [0, 0.05) is 6.42 Å². The first-order chi connectivity index (χ1) is 7.81. The van der Waals surface area contributed by atoms with E-state index in [2.05, 4.69) is 11.9 Å². The minimum Gasteiger partial charge on any atom is -0.408 e. The first-order valence-corrected chi connectivity index (χ1v) is 5.70. The predicted molar refractivity (Wildman–Crippen MR) is 63.5 cm³/mol. The van der Waals surface area contributed by atoms with Gasteiger partial charge in [0.1, 0.15) is 0 Å². The molecule has 0 saturated heterocycles. The van der Waals surface area contributed by atoms with E-state index in [1.807, 2.05) is 18.2 Å². The highest BCUT2D eigenvalue weighted by Gasteiger charge is 2.04. The van der Waals surface area contributed by atoms with Crippen LogP contribution in [-0.2, 0) is 6.42 Å². The molecule has 1 aromatic heterocycles. The van der Waals surface area contributed by atoms with Gasteiger partial charge in [-0.25, -0.2) is 9.78 Å². The van der Waals surface area contributed by atoms with Crippen LogP contribution in [0.4, 0.5) is 0 Å². The largest absolute Gasteiger partial charge is 0.408 e. The normalized spacial score (nSPS) is 10.8. The molecule has 3 heteroatoms. The van der Waals surface area contributed by atoms with Crippen molar-refractivity contribution in [2.24, 2.45) is 0 Å². The summed E-state index contributed by atoms with van der Waals surface area (Å²) >= 11 is 0. The molecule has 0 unspecified atom stereocenters. The monoisotopic (exact) mass is 217 g/mol. The van der Waals surface area contributed by atoms with E-state index in [0.29, 0.717) is 11.3 Å². The highest BCUT2D eigenvalue weighted by Crippen LogP contribution is 2.09.